The fourth-order valence-corrected chi connectivity index (χ4v) is 3.98. The zero-order valence-corrected chi connectivity index (χ0v) is 16.1. The SMILES string of the molecule is CC(C)c1nccn1C(C)C(=O)N1CCC(c2nnc3ccccn23)CC1. The van der Waals surface area contributed by atoms with Crippen LogP contribution in [0.1, 0.15) is 63.1 Å². The molecule has 4 rings (SSSR count). The van der Waals surface area contributed by atoms with E-state index in [2.05, 4.69) is 33.4 Å². The minimum absolute atomic E-state index is 0.166. The maximum absolute atomic E-state index is 13.0. The minimum Gasteiger partial charge on any atom is -0.341 e. The third-order valence-electron chi connectivity index (χ3n) is 5.50. The molecule has 1 saturated heterocycles. The Bertz CT molecular complexity index is 935. The number of fused-ring (bicyclic) bond motifs is 1. The van der Waals surface area contributed by atoms with Gasteiger partial charge in [-0.1, -0.05) is 19.9 Å². The van der Waals surface area contributed by atoms with E-state index in [1.165, 1.54) is 0 Å². The number of amides is 1. The van der Waals surface area contributed by atoms with Gasteiger partial charge in [-0.05, 0) is 31.9 Å². The van der Waals surface area contributed by atoms with E-state index in [1.54, 1.807) is 6.20 Å². The highest BCUT2D eigenvalue weighted by Gasteiger charge is 2.30. The molecule has 0 aliphatic carbocycles. The molecule has 7 nitrogen and oxygen atoms in total. The van der Waals surface area contributed by atoms with Crippen LogP contribution in [0.15, 0.2) is 36.8 Å². The van der Waals surface area contributed by atoms with E-state index in [1.807, 2.05) is 47.0 Å². The van der Waals surface area contributed by atoms with Crippen molar-refractivity contribution in [3.63, 3.8) is 0 Å². The Balaban J connectivity index is 1.44. The van der Waals surface area contributed by atoms with Crippen molar-refractivity contribution in [2.24, 2.45) is 0 Å². The Kier molecular flexibility index (Phi) is 4.68. The lowest BCUT2D eigenvalue weighted by Crippen LogP contribution is -2.41. The molecule has 0 radical (unpaired) electrons. The number of carbonyl (C=O) groups excluding carboxylic acids is 1. The van der Waals surface area contributed by atoms with E-state index in [-0.39, 0.29) is 11.9 Å². The van der Waals surface area contributed by atoms with Crippen molar-refractivity contribution >= 4 is 11.6 Å². The smallest absolute Gasteiger partial charge is 0.245 e. The van der Waals surface area contributed by atoms with E-state index in [9.17, 15) is 4.79 Å². The number of carbonyl (C=O) groups is 1. The van der Waals surface area contributed by atoms with Crippen molar-refractivity contribution in [3.8, 4) is 0 Å². The van der Waals surface area contributed by atoms with Gasteiger partial charge in [0, 0.05) is 43.5 Å². The highest BCUT2D eigenvalue weighted by Crippen LogP contribution is 2.28. The Hall–Kier alpha value is -2.70. The molecule has 0 bridgehead atoms. The lowest BCUT2D eigenvalue weighted by atomic mass is 9.95. The molecule has 0 N–H and O–H groups in total. The van der Waals surface area contributed by atoms with Crippen molar-refractivity contribution in [2.45, 2.75) is 51.5 Å². The molecule has 1 aliphatic rings. The van der Waals surface area contributed by atoms with Crippen molar-refractivity contribution in [1.82, 2.24) is 29.0 Å². The largest absolute Gasteiger partial charge is 0.341 e. The van der Waals surface area contributed by atoms with Crippen molar-refractivity contribution in [3.05, 3.63) is 48.4 Å². The predicted molar refractivity (Wildman–Crippen MR) is 103 cm³/mol. The maximum atomic E-state index is 13.0. The number of aromatic nitrogens is 5. The lowest BCUT2D eigenvalue weighted by Gasteiger charge is -2.33. The first-order valence-corrected chi connectivity index (χ1v) is 9.67. The molecular weight excluding hydrogens is 340 g/mol. The molecule has 1 unspecified atom stereocenters. The first-order valence-electron chi connectivity index (χ1n) is 9.67. The zero-order valence-electron chi connectivity index (χ0n) is 16.1. The fraction of sp³-hybridized carbons (Fsp3) is 0.500. The van der Waals surface area contributed by atoms with Crippen molar-refractivity contribution in [1.29, 1.82) is 0 Å². The molecule has 0 spiro atoms. The Morgan fingerprint density at radius 1 is 1.11 bits per heavy atom. The highest BCUT2D eigenvalue weighted by molar-refractivity contribution is 5.80. The van der Waals surface area contributed by atoms with Crippen molar-refractivity contribution in [2.75, 3.05) is 13.1 Å². The number of nitrogens with zero attached hydrogens (tertiary/aromatic N) is 6. The van der Waals surface area contributed by atoms with E-state index in [0.717, 1.165) is 43.2 Å². The third-order valence-corrected chi connectivity index (χ3v) is 5.50. The topological polar surface area (TPSA) is 68.3 Å². The number of hydrogen-bond donors (Lipinski definition) is 0. The Morgan fingerprint density at radius 2 is 1.89 bits per heavy atom. The summed E-state index contributed by atoms with van der Waals surface area (Å²) in [7, 11) is 0. The summed E-state index contributed by atoms with van der Waals surface area (Å²) in [5.41, 5.74) is 0.876. The molecule has 3 aromatic rings. The quantitative estimate of drug-likeness (QED) is 0.712. The van der Waals surface area contributed by atoms with Gasteiger partial charge in [0.2, 0.25) is 5.91 Å². The van der Waals surface area contributed by atoms with Gasteiger partial charge < -0.3 is 9.47 Å². The van der Waals surface area contributed by atoms with Crippen LogP contribution in [0.2, 0.25) is 0 Å². The van der Waals surface area contributed by atoms with Crippen LogP contribution in [0.5, 0.6) is 0 Å². The summed E-state index contributed by atoms with van der Waals surface area (Å²) >= 11 is 0. The van der Waals surface area contributed by atoms with Crippen molar-refractivity contribution < 1.29 is 4.79 Å². The summed E-state index contributed by atoms with van der Waals surface area (Å²) in [5, 5.41) is 8.65. The monoisotopic (exact) mass is 366 g/mol. The van der Waals surface area contributed by atoms with E-state index < -0.39 is 0 Å². The second kappa shape index (κ2) is 7.13. The molecule has 3 aromatic heterocycles. The first kappa shape index (κ1) is 17.7. The summed E-state index contributed by atoms with van der Waals surface area (Å²) in [6.45, 7) is 7.67. The van der Waals surface area contributed by atoms with E-state index in [4.69, 9.17) is 0 Å². The van der Waals surface area contributed by atoms with Crippen LogP contribution in [0.4, 0.5) is 0 Å². The van der Waals surface area contributed by atoms with Gasteiger partial charge in [0.1, 0.15) is 17.7 Å². The average Bonchev–Trinajstić information content (AvgIpc) is 3.34. The van der Waals surface area contributed by atoms with Gasteiger partial charge in [0.25, 0.3) is 0 Å². The fourth-order valence-electron chi connectivity index (χ4n) is 3.98. The number of pyridine rings is 1. The number of rotatable bonds is 4. The minimum atomic E-state index is -0.227. The van der Waals surface area contributed by atoms with Crippen LogP contribution in [-0.4, -0.2) is 48.0 Å². The van der Waals surface area contributed by atoms with Gasteiger partial charge in [0.05, 0.1) is 0 Å². The van der Waals surface area contributed by atoms with E-state index in [0.29, 0.717) is 11.8 Å². The number of piperidine rings is 1. The summed E-state index contributed by atoms with van der Waals surface area (Å²) in [6.07, 6.45) is 7.52. The van der Waals surface area contributed by atoms with Crippen LogP contribution < -0.4 is 0 Å². The molecule has 1 atom stereocenters. The second-order valence-electron chi connectivity index (χ2n) is 7.61. The third kappa shape index (κ3) is 3.22. The van der Waals surface area contributed by atoms with Crippen LogP contribution in [-0.2, 0) is 4.79 Å². The molecule has 142 valence electrons. The standard InChI is InChI=1S/C20H26N6O/c1-14(2)18-21-9-13-25(18)15(3)20(27)24-11-7-16(8-12-24)19-23-22-17-6-4-5-10-26(17)19/h4-6,9-10,13-16H,7-8,11-12H2,1-3H3. The molecule has 4 heterocycles. The molecule has 0 saturated carbocycles. The Labute approximate surface area is 159 Å². The van der Waals surface area contributed by atoms with Crippen LogP contribution in [0.3, 0.4) is 0 Å². The second-order valence-corrected chi connectivity index (χ2v) is 7.61. The van der Waals surface area contributed by atoms with Gasteiger partial charge >= 0.3 is 0 Å². The maximum Gasteiger partial charge on any atom is 0.245 e. The van der Waals surface area contributed by atoms with Gasteiger partial charge in [-0.15, -0.1) is 10.2 Å². The molecular formula is C20H26N6O. The Morgan fingerprint density at radius 3 is 2.63 bits per heavy atom. The molecule has 1 aliphatic heterocycles. The predicted octanol–water partition coefficient (Wildman–Crippen LogP) is 3.02. The molecule has 7 heteroatoms. The summed E-state index contributed by atoms with van der Waals surface area (Å²) in [6, 6.07) is 5.71. The molecule has 27 heavy (non-hydrogen) atoms. The van der Waals surface area contributed by atoms with Gasteiger partial charge in [-0.2, -0.15) is 0 Å². The first-order chi connectivity index (χ1) is 13.1. The lowest BCUT2D eigenvalue weighted by molar-refractivity contribution is -0.135. The van der Waals surface area contributed by atoms with Crippen LogP contribution in [0.25, 0.3) is 5.65 Å². The summed E-state index contributed by atoms with van der Waals surface area (Å²) in [4.78, 5) is 19.4. The summed E-state index contributed by atoms with van der Waals surface area (Å²) in [5.74, 6) is 2.76. The molecule has 0 aromatic carbocycles. The molecule has 1 fully saturated rings. The molecule has 1 amide bonds. The van der Waals surface area contributed by atoms with Gasteiger partial charge in [-0.3, -0.25) is 9.20 Å². The number of likely N-dealkylation sites (tertiary alicyclic amines) is 1. The number of imidazole rings is 1. The van der Waals surface area contributed by atoms with Gasteiger partial charge in [0.15, 0.2) is 5.65 Å². The van der Waals surface area contributed by atoms with E-state index >= 15 is 0 Å². The van der Waals surface area contributed by atoms with Crippen LogP contribution >= 0.6 is 0 Å². The normalized spacial score (nSPS) is 17.0. The zero-order chi connectivity index (χ0) is 19.0. The highest BCUT2D eigenvalue weighted by atomic mass is 16.2. The average molecular weight is 366 g/mol. The van der Waals surface area contributed by atoms with Gasteiger partial charge in [-0.25, -0.2) is 4.98 Å². The summed E-state index contributed by atoms with van der Waals surface area (Å²) < 4.78 is 4.07. The van der Waals surface area contributed by atoms with Crippen LogP contribution in [0, 0.1) is 0 Å². The number of hydrogen-bond acceptors (Lipinski definition) is 4.